The summed E-state index contributed by atoms with van der Waals surface area (Å²) < 4.78 is 4.89. The van der Waals surface area contributed by atoms with Crippen molar-refractivity contribution in [2.75, 3.05) is 18.4 Å². The molecule has 1 aromatic carbocycles. The molecule has 0 radical (unpaired) electrons. The third-order valence-corrected chi connectivity index (χ3v) is 3.61. The Morgan fingerprint density at radius 3 is 3.14 bits per heavy atom. The molecule has 0 saturated heterocycles. The summed E-state index contributed by atoms with van der Waals surface area (Å²) in [5.74, 6) is 1.20. The van der Waals surface area contributed by atoms with E-state index in [1.165, 1.54) is 5.56 Å². The van der Waals surface area contributed by atoms with E-state index in [0.29, 0.717) is 31.2 Å². The molecule has 1 aliphatic rings. The molecule has 1 aliphatic heterocycles. The second-order valence-electron chi connectivity index (χ2n) is 5.21. The van der Waals surface area contributed by atoms with Crippen LogP contribution in [0.1, 0.15) is 17.3 Å². The van der Waals surface area contributed by atoms with Crippen LogP contribution in [-0.4, -0.2) is 29.1 Å². The van der Waals surface area contributed by atoms with Crippen molar-refractivity contribution in [2.45, 2.75) is 19.8 Å². The van der Waals surface area contributed by atoms with Crippen molar-refractivity contribution in [1.82, 2.24) is 15.5 Å². The summed E-state index contributed by atoms with van der Waals surface area (Å²) in [5, 5.41) is 10.0. The van der Waals surface area contributed by atoms with Gasteiger partial charge in [0.1, 0.15) is 0 Å². The average molecular weight is 286 g/mol. The lowest BCUT2D eigenvalue weighted by Gasteiger charge is -2.25. The maximum absolute atomic E-state index is 12.2. The zero-order valence-corrected chi connectivity index (χ0v) is 11.9. The number of nitrogens with zero attached hydrogens (tertiary/aromatic N) is 2. The maximum atomic E-state index is 12.2. The van der Waals surface area contributed by atoms with E-state index in [0.717, 1.165) is 12.1 Å². The highest BCUT2D eigenvalue weighted by atomic mass is 16.5. The topological polar surface area (TPSA) is 80.0 Å². The number of fused-ring (bicyclic) bond motifs is 1. The van der Waals surface area contributed by atoms with Gasteiger partial charge in [0, 0.05) is 32.1 Å². The molecule has 2 aromatic rings. The van der Waals surface area contributed by atoms with Gasteiger partial charge < -0.3 is 15.2 Å². The quantitative estimate of drug-likeness (QED) is 0.886. The van der Waals surface area contributed by atoms with Gasteiger partial charge in [-0.05, 0) is 18.1 Å². The molecule has 0 spiro atoms. The molecule has 6 nitrogen and oxygen atoms in total. The molecule has 0 saturated carbocycles. The van der Waals surface area contributed by atoms with Crippen LogP contribution in [0, 0.1) is 12.8 Å². The number of aryl methyl sites for hydroxylation is 1. The van der Waals surface area contributed by atoms with Crippen LogP contribution in [0.3, 0.4) is 0 Å². The van der Waals surface area contributed by atoms with Gasteiger partial charge in [-0.3, -0.25) is 4.79 Å². The highest BCUT2D eigenvalue weighted by Gasteiger charge is 2.23. The molecular weight excluding hydrogens is 268 g/mol. The standard InChI is InChI=1S/C15H18N4O2/c1-10-18-14(19-21-10)6-7-16-15(20)12-8-11-4-2-3-5-13(11)17-9-12/h2-5,12,17H,6-9H2,1H3,(H,16,20). The van der Waals surface area contributed by atoms with Crippen molar-refractivity contribution in [3.05, 3.63) is 41.5 Å². The van der Waals surface area contributed by atoms with Crippen molar-refractivity contribution < 1.29 is 9.32 Å². The summed E-state index contributed by atoms with van der Waals surface area (Å²) in [5.41, 5.74) is 2.32. The zero-order chi connectivity index (χ0) is 14.7. The fourth-order valence-electron chi connectivity index (χ4n) is 2.51. The SMILES string of the molecule is Cc1nc(CCNC(=O)C2CNc3ccccc3C2)no1. The van der Waals surface area contributed by atoms with E-state index < -0.39 is 0 Å². The average Bonchev–Trinajstić information content (AvgIpc) is 2.92. The zero-order valence-electron chi connectivity index (χ0n) is 11.9. The van der Waals surface area contributed by atoms with Crippen LogP contribution < -0.4 is 10.6 Å². The van der Waals surface area contributed by atoms with Crippen molar-refractivity contribution in [3.63, 3.8) is 0 Å². The van der Waals surface area contributed by atoms with Crippen LogP contribution in [0.2, 0.25) is 0 Å². The summed E-state index contributed by atoms with van der Waals surface area (Å²) in [6.07, 6.45) is 1.36. The Hall–Kier alpha value is -2.37. The number of benzene rings is 1. The number of nitrogens with one attached hydrogen (secondary N) is 2. The van der Waals surface area contributed by atoms with E-state index >= 15 is 0 Å². The van der Waals surface area contributed by atoms with Crippen molar-refractivity contribution in [1.29, 1.82) is 0 Å². The van der Waals surface area contributed by atoms with Gasteiger partial charge in [0.25, 0.3) is 0 Å². The van der Waals surface area contributed by atoms with E-state index in [4.69, 9.17) is 4.52 Å². The predicted molar refractivity (Wildman–Crippen MR) is 77.9 cm³/mol. The maximum Gasteiger partial charge on any atom is 0.225 e. The molecule has 2 N–H and O–H groups in total. The molecule has 0 aliphatic carbocycles. The predicted octanol–water partition coefficient (Wildman–Crippen LogP) is 1.32. The first-order valence-electron chi connectivity index (χ1n) is 7.11. The minimum atomic E-state index is -0.0353. The van der Waals surface area contributed by atoms with Crippen molar-refractivity contribution in [2.24, 2.45) is 5.92 Å². The molecule has 0 bridgehead atoms. The Kier molecular flexibility index (Phi) is 3.85. The molecule has 1 unspecified atom stereocenters. The first kappa shape index (κ1) is 13.6. The molecule has 21 heavy (non-hydrogen) atoms. The monoisotopic (exact) mass is 286 g/mol. The number of hydrogen-bond donors (Lipinski definition) is 2. The van der Waals surface area contributed by atoms with Crippen LogP contribution in [0.25, 0.3) is 0 Å². The number of carbonyl (C=O) groups excluding carboxylic acids is 1. The Balaban J connectivity index is 1.50. The van der Waals surface area contributed by atoms with Crippen LogP contribution in [0.4, 0.5) is 5.69 Å². The van der Waals surface area contributed by atoms with Crippen molar-refractivity contribution in [3.8, 4) is 0 Å². The number of aromatic nitrogens is 2. The molecule has 3 rings (SSSR count). The van der Waals surface area contributed by atoms with Crippen molar-refractivity contribution >= 4 is 11.6 Å². The van der Waals surface area contributed by atoms with Gasteiger partial charge >= 0.3 is 0 Å². The Bertz CT molecular complexity index is 638. The minimum absolute atomic E-state index is 0.0353. The van der Waals surface area contributed by atoms with E-state index in [1.54, 1.807) is 6.92 Å². The smallest absolute Gasteiger partial charge is 0.225 e. The lowest BCUT2D eigenvalue weighted by molar-refractivity contribution is -0.124. The van der Waals surface area contributed by atoms with Gasteiger partial charge in [0.2, 0.25) is 11.8 Å². The van der Waals surface area contributed by atoms with E-state index in [1.807, 2.05) is 18.2 Å². The van der Waals surface area contributed by atoms with Crippen LogP contribution >= 0.6 is 0 Å². The third-order valence-electron chi connectivity index (χ3n) is 3.61. The molecule has 2 heterocycles. The summed E-state index contributed by atoms with van der Waals surface area (Å²) in [6.45, 7) is 2.94. The van der Waals surface area contributed by atoms with Crippen LogP contribution in [0.15, 0.2) is 28.8 Å². The van der Waals surface area contributed by atoms with Gasteiger partial charge in [-0.2, -0.15) is 4.98 Å². The second-order valence-corrected chi connectivity index (χ2v) is 5.21. The molecule has 110 valence electrons. The highest BCUT2D eigenvalue weighted by molar-refractivity contribution is 5.80. The summed E-state index contributed by atoms with van der Waals surface area (Å²) in [7, 11) is 0. The number of rotatable bonds is 4. The Labute approximate surface area is 122 Å². The number of amides is 1. The molecular formula is C15H18N4O2. The number of carbonyl (C=O) groups is 1. The largest absolute Gasteiger partial charge is 0.384 e. The first-order chi connectivity index (χ1) is 10.2. The van der Waals surface area contributed by atoms with Gasteiger partial charge in [0.15, 0.2) is 5.82 Å². The van der Waals surface area contributed by atoms with E-state index in [9.17, 15) is 4.79 Å². The summed E-state index contributed by atoms with van der Waals surface area (Å²) >= 11 is 0. The minimum Gasteiger partial charge on any atom is -0.384 e. The lowest BCUT2D eigenvalue weighted by Crippen LogP contribution is -2.39. The molecule has 0 fully saturated rings. The Morgan fingerprint density at radius 2 is 2.33 bits per heavy atom. The van der Waals surface area contributed by atoms with Crippen LogP contribution in [-0.2, 0) is 17.6 Å². The molecule has 1 amide bonds. The summed E-state index contributed by atoms with van der Waals surface area (Å²) in [4.78, 5) is 16.3. The van der Waals surface area contributed by atoms with Gasteiger partial charge in [-0.25, -0.2) is 0 Å². The molecule has 1 atom stereocenters. The highest BCUT2D eigenvalue weighted by Crippen LogP contribution is 2.24. The fourth-order valence-corrected chi connectivity index (χ4v) is 2.51. The first-order valence-corrected chi connectivity index (χ1v) is 7.11. The third kappa shape index (κ3) is 3.21. The van der Waals surface area contributed by atoms with Crippen LogP contribution in [0.5, 0.6) is 0 Å². The van der Waals surface area contributed by atoms with E-state index in [-0.39, 0.29) is 11.8 Å². The normalized spacial score (nSPS) is 16.9. The number of para-hydroxylation sites is 1. The number of anilines is 1. The van der Waals surface area contributed by atoms with Gasteiger partial charge in [0.05, 0.1) is 5.92 Å². The fraction of sp³-hybridized carbons (Fsp3) is 0.400. The van der Waals surface area contributed by atoms with Gasteiger partial charge in [-0.1, -0.05) is 23.4 Å². The molecule has 6 heteroatoms. The Morgan fingerprint density at radius 1 is 1.48 bits per heavy atom. The number of hydrogen-bond acceptors (Lipinski definition) is 5. The lowest BCUT2D eigenvalue weighted by atomic mass is 9.93. The second kappa shape index (κ2) is 5.95. The summed E-state index contributed by atoms with van der Waals surface area (Å²) in [6, 6.07) is 8.10. The molecule has 1 aromatic heterocycles. The van der Waals surface area contributed by atoms with E-state index in [2.05, 4.69) is 26.8 Å². The van der Waals surface area contributed by atoms with Gasteiger partial charge in [-0.15, -0.1) is 0 Å².